The second kappa shape index (κ2) is 5.49. The Morgan fingerprint density at radius 1 is 1.04 bits per heavy atom. The molecule has 0 fully saturated rings. The number of pyridine rings is 1. The number of hydrogen-bond donors (Lipinski definition) is 1. The first kappa shape index (κ1) is 13.4. The molecule has 0 atom stereocenters. The molecule has 0 aliphatic heterocycles. The summed E-state index contributed by atoms with van der Waals surface area (Å²) in [5, 5.41) is 4.81. The Morgan fingerprint density at radius 3 is 2.78 bits per heavy atom. The minimum atomic E-state index is 0.525. The summed E-state index contributed by atoms with van der Waals surface area (Å²) in [7, 11) is 0. The number of rotatable bonds is 3. The van der Waals surface area contributed by atoms with Crippen molar-refractivity contribution in [3.63, 3.8) is 0 Å². The van der Waals surface area contributed by atoms with Crippen molar-refractivity contribution in [1.82, 2.24) is 20.1 Å². The Morgan fingerprint density at radius 2 is 2.00 bits per heavy atom. The van der Waals surface area contributed by atoms with Crippen molar-refractivity contribution >= 4 is 16.6 Å². The van der Waals surface area contributed by atoms with E-state index in [2.05, 4.69) is 15.1 Å². The fraction of sp³-hybridized carbons (Fsp3) is 0.0588. The third-order valence-electron chi connectivity index (χ3n) is 3.59. The summed E-state index contributed by atoms with van der Waals surface area (Å²) in [5.74, 6) is 0.620. The van der Waals surface area contributed by atoms with Gasteiger partial charge in [0.25, 0.3) is 0 Å². The van der Waals surface area contributed by atoms with Gasteiger partial charge in [-0.2, -0.15) is 0 Å². The van der Waals surface area contributed by atoms with Crippen molar-refractivity contribution in [3.8, 4) is 11.4 Å². The molecule has 1 aromatic carbocycles. The van der Waals surface area contributed by atoms with Gasteiger partial charge in [0.05, 0.1) is 16.9 Å². The van der Waals surface area contributed by atoms with E-state index in [-0.39, 0.29) is 0 Å². The van der Waals surface area contributed by atoms with Crippen LogP contribution in [0, 0.1) is 0 Å². The molecule has 4 rings (SSSR count). The van der Waals surface area contributed by atoms with E-state index in [0.29, 0.717) is 17.9 Å². The Labute approximate surface area is 132 Å². The predicted octanol–water partition coefficient (Wildman–Crippen LogP) is 2.85. The van der Waals surface area contributed by atoms with Gasteiger partial charge in [0.1, 0.15) is 6.26 Å². The molecule has 0 bridgehead atoms. The van der Waals surface area contributed by atoms with Crippen LogP contribution in [0.15, 0.2) is 59.6 Å². The zero-order chi connectivity index (χ0) is 15.6. The summed E-state index contributed by atoms with van der Waals surface area (Å²) < 4.78 is 4.91. The molecular weight excluding hydrogens is 290 g/mol. The summed E-state index contributed by atoms with van der Waals surface area (Å²) in [6.07, 6.45) is 5.53. The summed E-state index contributed by atoms with van der Waals surface area (Å²) in [4.78, 5) is 13.4. The summed E-state index contributed by atoms with van der Waals surface area (Å²) in [5.41, 5.74) is 10.1. The number of fused-ring (bicyclic) bond motifs is 1. The number of nitrogen functional groups attached to an aromatic ring is 1. The fourth-order valence-electron chi connectivity index (χ4n) is 2.54. The van der Waals surface area contributed by atoms with Crippen LogP contribution in [-0.4, -0.2) is 20.1 Å². The molecule has 4 aromatic rings. The van der Waals surface area contributed by atoms with E-state index in [9.17, 15) is 0 Å². The molecule has 0 aliphatic carbocycles. The maximum Gasteiger partial charge on any atom is 0.161 e. The zero-order valence-corrected chi connectivity index (χ0v) is 12.2. The smallest absolute Gasteiger partial charge is 0.161 e. The largest absolute Gasteiger partial charge is 0.398 e. The molecule has 0 radical (unpaired) electrons. The van der Waals surface area contributed by atoms with Gasteiger partial charge in [-0.1, -0.05) is 11.2 Å². The molecule has 0 spiro atoms. The lowest BCUT2D eigenvalue weighted by molar-refractivity contribution is 0.413. The van der Waals surface area contributed by atoms with E-state index in [0.717, 1.165) is 27.9 Å². The second-order valence-electron chi connectivity index (χ2n) is 5.14. The van der Waals surface area contributed by atoms with E-state index in [1.807, 2.05) is 36.4 Å². The SMILES string of the molecule is Nc1cccc2nc(-c3cccnc3)nc(Cc3ccon3)c12. The average molecular weight is 303 g/mol. The molecule has 6 nitrogen and oxygen atoms in total. The Kier molecular flexibility index (Phi) is 3.20. The van der Waals surface area contributed by atoms with Gasteiger partial charge in [-0.05, 0) is 24.3 Å². The van der Waals surface area contributed by atoms with Crippen LogP contribution in [0.5, 0.6) is 0 Å². The van der Waals surface area contributed by atoms with E-state index < -0.39 is 0 Å². The van der Waals surface area contributed by atoms with Crippen LogP contribution < -0.4 is 5.73 Å². The highest BCUT2D eigenvalue weighted by Gasteiger charge is 2.13. The number of aromatic nitrogens is 4. The first-order valence-electron chi connectivity index (χ1n) is 7.16. The normalized spacial score (nSPS) is 11.0. The average Bonchev–Trinajstić information content (AvgIpc) is 3.08. The van der Waals surface area contributed by atoms with E-state index in [1.54, 1.807) is 18.7 Å². The van der Waals surface area contributed by atoms with Gasteiger partial charge in [0.2, 0.25) is 0 Å². The molecule has 0 unspecified atom stereocenters. The molecule has 3 aromatic heterocycles. The molecule has 0 saturated heterocycles. The van der Waals surface area contributed by atoms with Crippen LogP contribution >= 0.6 is 0 Å². The van der Waals surface area contributed by atoms with Gasteiger partial charge in [0.15, 0.2) is 5.82 Å². The molecule has 2 N–H and O–H groups in total. The summed E-state index contributed by atoms with van der Waals surface area (Å²) >= 11 is 0. The highest BCUT2D eigenvalue weighted by Crippen LogP contribution is 2.27. The summed E-state index contributed by atoms with van der Waals surface area (Å²) in [6.45, 7) is 0. The third kappa shape index (κ3) is 2.50. The van der Waals surface area contributed by atoms with Crippen LogP contribution in [-0.2, 0) is 6.42 Å². The number of nitrogens with zero attached hydrogens (tertiary/aromatic N) is 4. The maximum atomic E-state index is 6.14. The zero-order valence-electron chi connectivity index (χ0n) is 12.2. The van der Waals surface area contributed by atoms with Crippen molar-refractivity contribution < 1.29 is 4.52 Å². The van der Waals surface area contributed by atoms with Gasteiger partial charge < -0.3 is 10.3 Å². The predicted molar refractivity (Wildman–Crippen MR) is 86.5 cm³/mol. The quantitative estimate of drug-likeness (QED) is 0.585. The molecule has 23 heavy (non-hydrogen) atoms. The van der Waals surface area contributed by atoms with E-state index in [4.69, 9.17) is 15.2 Å². The number of nitrogens with two attached hydrogens (primary N) is 1. The van der Waals surface area contributed by atoms with Gasteiger partial charge >= 0.3 is 0 Å². The number of anilines is 1. The van der Waals surface area contributed by atoms with E-state index in [1.165, 1.54) is 0 Å². The van der Waals surface area contributed by atoms with Crippen LogP contribution in [0.2, 0.25) is 0 Å². The van der Waals surface area contributed by atoms with Gasteiger partial charge in [0, 0.05) is 41.5 Å². The molecule has 3 heterocycles. The fourth-order valence-corrected chi connectivity index (χ4v) is 2.54. The number of hydrogen-bond acceptors (Lipinski definition) is 6. The number of benzene rings is 1. The highest BCUT2D eigenvalue weighted by molar-refractivity contribution is 5.93. The minimum absolute atomic E-state index is 0.525. The molecule has 112 valence electrons. The molecule has 0 saturated carbocycles. The first-order valence-corrected chi connectivity index (χ1v) is 7.16. The molecular formula is C17H13N5O. The third-order valence-corrected chi connectivity index (χ3v) is 3.59. The maximum absolute atomic E-state index is 6.14. The van der Waals surface area contributed by atoms with Crippen molar-refractivity contribution in [2.45, 2.75) is 6.42 Å². The van der Waals surface area contributed by atoms with Crippen molar-refractivity contribution in [2.75, 3.05) is 5.73 Å². The Hall–Kier alpha value is -3.28. The molecule has 6 heteroatoms. The Balaban J connectivity index is 1.94. The van der Waals surface area contributed by atoms with Crippen LogP contribution in [0.25, 0.3) is 22.3 Å². The lowest BCUT2D eigenvalue weighted by Gasteiger charge is -2.09. The lowest BCUT2D eigenvalue weighted by atomic mass is 10.1. The monoisotopic (exact) mass is 303 g/mol. The Bertz CT molecular complexity index is 952. The van der Waals surface area contributed by atoms with Crippen LogP contribution in [0.1, 0.15) is 11.4 Å². The van der Waals surface area contributed by atoms with Gasteiger partial charge in [-0.3, -0.25) is 4.98 Å². The molecule has 0 amide bonds. The van der Waals surface area contributed by atoms with Crippen molar-refractivity contribution in [2.24, 2.45) is 0 Å². The van der Waals surface area contributed by atoms with Crippen molar-refractivity contribution in [3.05, 3.63) is 66.4 Å². The minimum Gasteiger partial charge on any atom is -0.398 e. The highest BCUT2D eigenvalue weighted by atomic mass is 16.5. The lowest BCUT2D eigenvalue weighted by Crippen LogP contribution is -2.02. The summed E-state index contributed by atoms with van der Waals surface area (Å²) in [6, 6.07) is 11.3. The van der Waals surface area contributed by atoms with Crippen LogP contribution in [0.4, 0.5) is 5.69 Å². The van der Waals surface area contributed by atoms with Crippen LogP contribution in [0.3, 0.4) is 0 Å². The first-order chi connectivity index (χ1) is 11.3. The van der Waals surface area contributed by atoms with Gasteiger partial charge in [-0.15, -0.1) is 0 Å². The second-order valence-corrected chi connectivity index (χ2v) is 5.14. The van der Waals surface area contributed by atoms with Crippen molar-refractivity contribution in [1.29, 1.82) is 0 Å². The van der Waals surface area contributed by atoms with E-state index >= 15 is 0 Å². The topological polar surface area (TPSA) is 90.7 Å². The standard InChI is InChI=1S/C17H13N5O/c18-13-4-1-5-14-16(13)15(9-12-6-8-23-22-12)21-17(20-14)11-3-2-7-19-10-11/h1-8,10H,9,18H2. The molecule has 0 aliphatic rings. The van der Waals surface area contributed by atoms with Gasteiger partial charge in [-0.25, -0.2) is 9.97 Å².